The molecule has 0 heterocycles. The third-order valence-corrected chi connectivity index (χ3v) is 4.29. The molecule has 0 saturated carbocycles. The number of carbonyl (C=O) groups is 2. The number of nitrogens with one attached hydrogen (secondary N) is 2. The molecule has 0 saturated heterocycles. The second kappa shape index (κ2) is 8.96. The van der Waals surface area contributed by atoms with Crippen LogP contribution in [-0.2, 0) is 0 Å². The Hall–Kier alpha value is -3.45. The van der Waals surface area contributed by atoms with Crippen molar-refractivity contribution < 1.29 is 14.7 Å². The van der Waals surface area contributed by atoms with Gasteiger partial charge in [0.1, 0.15) is 5.75 Å². The first-order valence-corrected chi connectivity index (χ1v) is 9.10. The van der Waals surface area contributed by atoms with E-state index < -0.39 is 5.91 Å². The molecule has 3 N–H and O–H groups in total. The highest BCUT2D eigenvalue weighted by Gasteiger charge is 2.07. The number of hydrazone groups is 1. The van der Waals surface area contributed by atoms with Gasteiger partial charge in [-0.1, -0.05) is 34.1 Å². The van der Waals surface area contributed by atoms with Gasteiger partial charge in [0, 0.05) is 26.9 Å². The summed E-state index contributed by atoms with van der Waals surface area (Å²) in [5, 5.41) is 16.4. The average Bonchev–Trinajstić information content (AvgIpc) is 2.71. The Bertz CT molecular complexity index is 1020. The van der Waals surface area contributed by atoms with Gasteiger partial charge in [-0.05, 0) is 54.6 Å². The van der Waals surface area contributed by atoms with Crippen molar-refractivity contribution >= 4 is 39.6 Å². The van der Waals surface area contributed by atoms with Gasteiger partial charge in [0.25, 0.3) is 11.8 Å². The van der Waals surface area contributed by atoms with Crippen molar-refractivity contribution in [2.75, 3.05) is 5.32 Å². The van der Waals surface area contributed by atoms with E-state index in [4.69, 9.17) is 0 Å². The Balaban J connectivity index is 1.60. The number of benzene rings is 3. The molecule has 2 amide bonds. The third kappa shape index (κ3) is 5.05. The molecule has 3 aromatic carbocycles. The van der Waals surface area contributed by atoms with Gasteiger partial charge < -0.3 is 10.4 Å². The number of anilines is 1. The highest BCUT2D eigenvalue weighted by atomic mass is 79.9. The van der Waals surface area contributed by atoms with Crippen LogP contribution in [0, 0.1) is 0 Å². The molecule has 0 spiro atoms. The molecule has 6 nitrogen and oxygen atoms in total. The fourth-order valence-electron chi connectivity index (χ4n) is 2.35. The monoisotopic (exact) mass is 437 g/mol. The van der Waals surface area contributed by atoms with E-state index in [1.165, 1.54) is 12.3 Å². The fourth-order valence-corrected chi connectivity index (χ4v) is 2.73. The molecule has 0 aliphatic heterocycles. The second-order valence-electron chi connectivity index (χ2n) is 5.80. The number of amides is 2. The quantitative estimate of drug-likeness (QED) is 0.413. The van der Waals surface area contributed by atoms with Crippen molar-refractivity contribution in [3.63, 3.8) is 0 Å². The zero-order valence-corrected chi connectivity index (χ0v) is 16.2. The predicted octanol–water partition coefficient (Wildman–Crippen LogP) is 4.17. The third-order valence-electron chi connectivity index (χ3n) is 3.80. The molecule has 0 radical (unpaired) electrons. The van der Waals surface area contributed by atoms with E-state index in [0.717, 1.165) is 4.47 Å². The average molecular weight is 438 g/mol. The van der Waals surface area contributed by atoms with Gasteiger partial charge >= 0.3 is 0 Å². The molecule has 140 valence electrons. The molecule has 0 atom stereocenters. The minimum absolute atomic E-state index is 0.0553. The van der Waals surface area contributed by atoms with Crippen LogP contribution in [-0.4, -0.2) is 23.1 Å². The second-order valence-corrected chi connectivity index (χ2v) is 6.72. The Morgan fingerprint density at radius 2 is 1.57 bits per heavy atom. The Morgan fingerprint density at radius 1 is 0.893 bits per heavy atom. The lowest BCUT2D eigenvalue weighted by molar-refractivity contribution is 0.0954. The molecule has 0 unspecified atom stereocenters. The first-order chi connectivity index (χ1) is 13.5. The Morgan fingerprint density at radius 3 is 2.29 bits per heavy atom. The van der Waals surface area contributed by atoms with Crippen LogP contribution in [0.2, 0.25) is 0 Å². The van der Waals surface area contributed by atoms with Crippen LogP contribution < -0.4 is 10.7 Å². The summed E-state index contributed by atoms with van der Waals surface area (Å²) in [6.07, 6.45) is 1.35. The molecule has 3 aromatic rings. The van der Waals surface area contributed by atoms with Crippen molar-refractivity contribution in [3.8, 4) is 5.75 Å². The van der Waals surface area contributed by atoms with Crippen LogP contribution in [0.1, 0.15) is 26.3 Å². The van der Waals surface area contributed by atoms with Crippen LogP contribution in [0.3, 0.4) is 0 Å². The van der Waals surface area contributed by atoms with E-state index in [2.05, 4.69) is 31.8 Å². The smallest absolute Gasteiger partial charge is 0.271 e. The molecule has 3 rings (SSSR count). The van der Waals surface area contributed by atoms with Crippen LogP contribution in [0.15, 0.2) is 82.4 Å². The molecule has 0 aromatic heterocycles. The van der Waals surface area contributed by atoms with E-state index in [-0.39, 0.29) is 11.7 Å². The summed E-state index contributed by atoms with van der Waals surface area (Å²) in [6, 6.07) is 20.2. The van der Waals surface area contributed by atoms with Gasteiger partial charge in [0.2, 0.25) is 0 Å². The molecule has 0 aliphatic rings. The van der Waals surface area contributed by atoms with Gasteiger partial charge in [0.05, 0.1) is 6.21 Å². The van der Waals surface area contributed by atoms with Crippen molar-refractivity contribution in [1.82, 2.24) is 5.43 Å². The number of nitrogens with zero attached hydrogens (tertiary/aromatic N) is 1. The number of carbonyl (C=O) groups excluding carboxylic acids is 2. The fraction of sp³-hybridized carbons (Fsp3) is 0. The predicted molar refractivity (Wildman–Crippen MR) is 112 cm³/mol. The minimum atomic E-state index is -0.410. The SMILES string of the molecule is O=C(N/N=C\c1cc(Br)ccc1O)c1ccc(NC(=O)c2ccccc2)cc1. The summed E-state index contributed by atoms with van der Waals surface area (Å²) in [5.74, 6) is -0.581. The molecule has 0 fully saturated rings. The molecule has 7 heteroatoms. The minimum Gasteiger partial charge on any atom is -0.507 e. The first-order valence-electron chi connectivity index (χ1n) is 8.31. The van der Waals surface area contributed by atoms with Crippen molar-refractivity contribution in [1.29, 1.82) is 0 Å². The Labute approximate surface area is 170 Å². The number of halogens is 1. The molecule has 28 heavy (non-hydrogen) atoms. The van der Waals surface area contributed by atoms with Crippen LogP contribution in [0.5, 0.6) is 5.75 Å². The lowest BCUT2D eigenvalue weighted by atomic mass is 10.1. The lowest BCUT2D eigenvalue weighted by Gasteiger charge is -2.06. The Kier molecular flexibility index (Phi) is 6.18. The summed E-state index contributed by atoms with van der Waals surface area (Å²) in [5.41, 5.74) is 4.37. The van der Waals surface area contributed by atoms with Gasteiger partial charge in [-0.15, -0.1) is 0 Å². The van der Waals surface area contributed by atoms with Gasteiger partial charge in [0.15, 0.2) is 0 Å². The van der Waals surface area contributed by atoms with Gasteiger partial charge in [-0.2, -0.15) is 5.10 Å². The van der Waals surface area contributed by atoms with E-state index in [0.29, 0.717) is 22.4 Å². The number of rotatable bonds is 5. The van der Waals surface area contributed by atoms with E-state index in [9.17, 15) is 14.7 Å². The summed E-state index contributed by atoms with van der Waals surface area (Å²) in [6.45, 7) is 0. The van der Waals surface area contributed by atoms with Crippen LogP contribution in [0.25, 0.3) is 0 Å². The molecular formula is C21H16BrN3O3. The number of hydrogen-bond acceptors (Lipinski definition) is 4. The van der Waals surface area contributed by atoms with Crippen LogP contribution in [0.4, 0.5) is 5.69 Å². The summed E-state index contributed by atoms with van der Waals surface area (Å²) < 4.78 is 0.784. The largest absolute Gasteiger partial charge is 0.507 e. The van der Waals surface area contributed by atoms with Crippen molar-refractivity contribution in [2.24, 2.45) is 5.10 Å². The maximum atomic E-state index is 12.2. The summed E-state index contributed by atoms with van der Waals surface area (Å²) in [7, 11) is 0. The first kappa shape index (κ1) is 19.3. The number of aromatic hydroxyl groups is 1. The topological polar surface area (TPSA) is 90.8 Å². The van der Waals surface area contributed by atoms with E-state index in [1.807, 2.05) is 6.07 Å². The lowest BCUT2D eigenvalue weighted by Crippen LogP contribution is -2.17. The highest BCUT2D eigenvalue weighted by Crippen LogP contribution is 2.20. The molecule has 0 aliphatic carbocycles. The summed E-state index contributed by atoms with van der Waals surface area (Å²) in [4.78, 5) is 24.3. The standard InChI is InChI=1S/C21H16BrN3O3/c22-17-8-11-19(26)16(12-17)13-23-25-21(28)15-6-9-18(10-7-15)24-20(27)14-4-2-1-3-5-14/h1-13,26H,(H,24,27)(H,25,28)/b23-13-. The highest BCUT2D eigenvalue weighted by molar-refractivity contribution is 9.10. The maximum absolute atomic E-state index is 12.2. The number of phenols is 1. The van der Waals surface area contributed by atoms with Gasteiger partial charge in [-0.3, -0.25) is 9.59 Å². The van der Waals surface area contributed by atoms with Crippen molar-refractivity contribution in [2.45, 2.75) is 0 Å². The number of hydrogen-bond donors (Lipinski definition) is 3. The molecular weight excluding hydrogens is 422 g/mol. The zero-order chi connectivity index (χ0) is 19.9. The van der Waals surface area contributed by atoms with E-state index >= 15 is 0 Å². The normalized spacial score (nSPS) is 10.6. The summed E-state index contributed by atoms with van der Waals surface area (Å²) >= 11 is 3.30. The van der Waals surface area contributed by atoms with Crippen LogP contribution >= 0.6 is 15.9 Å². The van der Waals surface area contributed by atoms with Gasteiger partial charge in [-0.25, -0.2) is 5.43 Å². The maximum Gasteiger partial charge on any atom is 0.271 e. The number of phenolic OH excluding ortho intramolecular Hbond substituents is 1. The van der Waals surface area contributed by atoms with Crippen molar-refractivity contribution in [3.05, 3.63) is 94.0 Å². The zero-order valence-electron chi connectivity index (χ0n) is 14.6. The van der Waals surface area contributed by atoms with E-state index in [1.54, 1.807) is 60.7 Å². The molecule has 0 bridgehead atoms.